The summed E-state index contributed by atoms with van der Waals surface area (Å²) in [4.78, 5) is 2.23. The van der Waals surface area contributed by atoms with E-state index in [1.54, 1.807) is 0 Å². The van der Waals surface area contributed by atoms with Crippen LogP contribution in [0.15, 0.2) is 12.4 Å². The molecule has 7 heteroatoms. The fourth-order valence-electron chi connectivity index (χ4n) is 2.67. The molecule has 0 aliphatic carbocycles. The van der Waals surface area contributed by atoms with Crippen LogP contribution in [0, 0.1) is 17.2 Å². The summed E-state index contributed by atoms with van der Waals surface area (Å²) in [6, 6.07) is 2.15. The van der Waals surface area contributed by atoms with Crippen molar-refractivity contribution in [2.75, 3.05) is 18.0 Å². The summed E-state index contributed by atoms with van der Waals surface area (Å²) in [5, 5.41) is 14.6. The first-order chi connectivity index (χ1) is 9.67. The van der Waals surface area contributed by atoms with Crippen molar-refractivity contribution in [1.29, 1.82) is 5.26 Å². The van der Waals surface area contributed by atoms with Crippen LogP contribution in [0.3, 0.4) is 0 Å². The number of nitriles is 1. The summed E-state index contributed by atoms with van der Waals surface area (Å²) < 4.78 is 5.91. The molecule has 1 unspecified atom stereocenters. The molecule has 2 aromatic rings. The third-order valence-corrected chi connectivity index (χ3v) is 4.88. The van der Waals surface area contributed by atoms with E-state index in [2.05, 4.69) is 26.6 Å². The monoisotopic (exact) mass is 307 g/mol. The number of rotatable bonds is 3. The van der Waals surface area contributed by atoms with E-state index in [1.807, 2.05) is 17.9 Å². The Bertz CT molecular complexity index is 656. The van der Waals surface area contributed by atoms with Gasteiger partial charge in [0.25, 0.3) is 0 Å². The third kappa shape index (κ3) is 2.51. The Hall–Kier alpha value is -1.58. The zero-order valence-corrected chi connectivity index (χ0v) is 12.7. The van der Waals surface area contributed by atoms with Crippen molar-refractivity contribution in [3.05, 3.63) is 28.7 Å². The van der Waals surface area contributed by atoms with Gasteiger partial charge in [0.1, 0.15) is 16.6 Å². The minimum atomic E-state index is 0.322. The van der Waals surface area contributed by atoms with E-state index in [1.165, 1.54) is 17.1 Å². The highest BCUT2D eigenvalue weighted by atomic mass is 35.5. The van der Waals surface area contributed by atoms with Crippen LogP contribution in [-0.2, 0) is 13.5 Å². The highest BCUT2D eigenvalue weighted by Gasteiger charge is 2.27. The Labute approximate surface area is 126 Å². The maximum absolute atomic E-state index is 9.15. The fourth-order valence-corrected chi connectivity index (χ4v) is 3.73. The number of nitrogens with zero attached hydrogens (tertiary/aromatic N) is 5. The smallest absolute Gasteiger partial charge is 0.162 e. The predicted octanol–water partition coefficient (Wildman–Crippen LogP) is 2.47. The van der Waals surface area contributed by atoms with Gasteiger partial charge in [0.05, 0.1) is 6.20 Å². The highest BCUT2D eigenvalue weighted by molar-refractivity contribution is 7.10. The standard InChI is InChI=1S/C13H14ClN5S/c1-18-7-10(6-16-18)4-9-2-3-19(8-9)13-11(5-15)12(14)17-20-13/h6-7,9H,2-4,8H2,1H3. The maximum atomic E-state index is 9.15. The summed E-state index contributed by atoms with van der Waals surface area (Å²) in [6.45, 7) is 1.90. The van der Waals surface area contributed by atoms with Gasteiger partial charge in [-0.3, -0.25) is 4.68 Å². The molecule has 0 N–H and O–H groups in total. The van der Waals surface area contributed by atoms with Crippen molar-refractivity contribution in [3.63, 3.8) is 0 Å². The second-order valence-corrected chi connectivity index (χ2v) is 6.20. The molecule has 3 rings (SSSR count). The number of halogens is 1. The van der Waals surface area contributed by atoms with E-state index in [0.29, 0.717) is 16.6 Å². The second kappa shape index (κ2) is 5.43. The highest BCUT2D eigenvalue weighted by Crippen LogP contribution is 2.35. The molecule has 0 aromatic carbocycles. The van der Waals surface area contributed by atoms with Gasteiger partial charge >= 0.3 is 0 Å². The summed E-state index contributed by atoms with van der Waals surface area (Å²) in [6.07, 6.45) is 6.13. The minimum Gasteiger partial charge on any atom is -0.361 e. The van der Waals surface area contributed by atoms with Crippen LogP contribution in [0.2, 0.25) is 5.15 Å². The van der Waals surface area contributed by atoms with Crippen LogP contribution in [0.1, 0.15) is 17.5 Å². The number of hydrogen-bond donors (Lipinski definition) is 0. The van der Waals surface area contributed by atoms with Gasteiger partial charge in [0.2, 0.25) is 0 Å². The largest absolute Gasteiger partial charge is 0.361 e. The molecule has 1 aliphatic heterocycles. The molecule has 0 amide bonds. The summed E-state index contributed by atoms with van der Waals surface area (Å²) in [5.41, 5.74) is 1.78. The second-order valence-electron chi connectivity index (χ2n) is 5.09. The van der Waals surface area contributed by atoms with Gasteiger partial charge in [-0.1, -0.05) is 11.6 Å². The van der Waals surface area contributed by atoms with Crippen LogP contribution in [0.25, 0.3) is 0 Å². The molecule has 0 saturated carbocycles. The van der Waals surface area contributed by atoms with Gasteiger partial charge in [-0.15, -0.1) is 0 Å². The predicted molar refractivity (Wildman–Crippen MR) is 79.1 cm³/mol. The summed E-state index contributed by atoms with van der Waals surface area (Å²) >= 11 is 7.25. The van der Waals surface area contributed by atoms with Crippen molar-refractivity contribution in [3.8, 4) is 6.07 Å². The Morgan fingerprint density at radius 2 is 2.45 bits per heavy atom. The number of hydrogen-bond acceptors (Lipinski definition) is 5. The quantitative estimate of drug-likeness (QED) is 0.874. The lowest BCUT2D eigenvalue weighted by molar-refractivity contribution is 0.586. The van der Waals surface area contributed by atoms with Gasteiger partial charge in [-0.25, -0.2) is 0 Å². The van der Waals surface area contributed by atoms with Gasteiger partial charge in [-0.05, 0) is 35.9 Å². The Morgan fingerprint density at radius 1 is 1.60 bits per heavy atom. The van der Waals surface area contributed by atoms with Crippen molar-refractivity contribution < 1.29 is 0 Å². The molecule has 0 radical (unpaired) electrons. The molecule has 1 fully saturated rings. The van der Waals surface area contributed by atoms with E-state index < -0.39 is 0 Å². The van der Waals surface area contributed by atoms with Gasteiger partial charge in [0.15, 0.2) is 5.15 Å². The average Bonchev–Trinajstić information content (AvgIpc) is 3.11. The van der Waals surface area contributed by atoms with Gasteiger partial charge in [-0.2, -0.15) is 14.7 Å². The van der Waals surface area contributed by atoms with Crippen LogP contribution in [0.4, 0.5) is 5.00 Å². The third-order valence-electron chi connectivity index (χ3n) is 3.60. The van der Waals surface area contributed by atoms with Gasteiger partial charge in [0, 0.05) is 26.3 Å². The average molecular weight is 308 g/mol. The van der Waals surface area contributed by atoms with E-state index in [-0.39, 0.29) is 0 Å². The lowest BCUT2D eigenvalue weighted by Gasteiger charge is -2.16. The molecule has 0 spiro atoms. The normalized spacial score (nSPS) is 18.4. The van der Waals surface area contributed by atoms with Crippen molar-refractivity contribution in [2.45, 2.75) is 12.8 Å². The lowest BCUT2D eigenvalue weighted by Crippen LogP contribution is -2.19. The lowest BCUT2D eigenvalue weighted by atomic mass is 10.0. The Morgan fingerprint density at radius 3 is 3.15 bits per heavy atom. The number of aromatic nitrogens is 3. The topological polar surface area (TPSA) is 57.7 Å². The molecule has 1 atom stereocenters. The zero-order chi connectivity index (χ0) is 14.1. The van der Waals surface area contributed by atoms with Crippen LogP contribution < -0.4 is 4.90 Å². The molecule has 2 aromatic heterocycles. The molecule has 3 heterocycles. The van der Waals surface area contributed by atoms with Crippen molar-refractivity contribution >= 4 is 28.1 Å². The molecule has 0 bridgehead atoms. The number of aryl methyl sites for hydroxylation is 1. The Kier molecular flexibility index (Phi) is 3.64. The van der Waals surface area contributed by atoms with Gasteiger partial charge < -0.3 is 4.90 Å². The zero-order valence-electron chi connectivity index (χ0n) is 11.1. The van der Waals surface area contributed by atoms with E-state index in [9.17, 15) is 0 Å². The molecule has 5 nitrogen and oxygen atoms in total. The molecular weight excluding hydrogens is 294 g/mol. The fraction of sp³-hybridized carbons (Fsp3) is 0.462. The molecule has 1 saturated heterocycles. The van der Waals surface area contributed by atoms with E-state index >= 15 is 0 Å². The first kappa shape index (κ1) is 13.4. The maximum Gasteiger partial charge on any atom is 0.162 e. The van der Waals surface area contributed by atoms with E-state index in [0.717, 1.165) is 30.9 Å². The van der Waals surface area contributed by atoms with Crippen LogP contribution >= 0.6 is 23.1 Å². The SMILES string of the molecule is Cn1cc(CC2CCN(c3snc(Cl)c3C#N)C2)cn1. The molecular formula is C13H14ClN5S. The van der Waals surface area contributed by atoms with Crippen LogP contribution in [0.5, 0.6) is 0 Å². The number of anilines is 1. The molecule has 1 aliphatic rings. The Balaban J connectivity index is 1.69. The molecule has 20 heavy (non-hydrogen) atoms. The van der Waals surface area contributed by atoms with Crippen molar-refractivity contribution in [1.82, 2.24) is 14.2 Å². The molecule has 104 valence electrons. The first-order valence-corrected chi connectivity index (χ1v) is 7.60. The first-order valence-electron chi connectivity index (χ1n) is 6.45. The summed E-state index contributed by atoms with van der Waals surface area (Å²) in [7, 11) is 1.93. The van der Waals surface area contributed by atoms with E-state index in [4.69, 9.17) is 16.9 Å². The van der Waals surface area contributed by atoms with Crippen molar-refractivity contribution in [2.24, 2.45) is 13.0 Å². The summed E-state index contributed by atoms with van der Waals surface area (Å²) in [5.74, 6) is 0.589. The minimum absolute atomic E-state index is 0.322. The van der Waals surface area contributed by atoms with Crippen LogP contribution in [-0.4, -0.2) is 27.2 Å².